The van der Waals surface area contributed by atoms with Crippen LogP contribution in [0.3, 0.4) is 0 Å². The van der Waals surface area contributed by atoms with E-state index in [9.17, 15) is 4.79 Å². The fraction of sp³-hybridized carbons (Fsp3) is 0.579. The Labute approximate surface area is 159 Å². The monoisotopic (exact) mass is 375 g/mol. The van der Waals surface area contributed by atoms with Crippen molar-refractivity contribution < 1.29 is 4.79 Å². The van der Waals surface area contributed by atoms with Crippen LogP contribution in [-0.2, 0) is 13.0 Å². The van der Waals surface area contributed by atoms with E-state index >= 15 is 0 Å². The molecule has 26 heavy (non-hydrogen) atoms. The number of hydrogen-bond donors (Lipinski definition) is 2. The molecule has 2 N–H and O–H groups in total. The zero-order chi connectivity index (χ0) is 18.4. The summed E-state index contributed by atoms with van der Waals surface area (Å²) in [7, 11) is 0. The molecule has 3 rings (SSSR count). The molecule has 0 atom stereocenters. The van der Waals surface area contributed by atoms with Crippen molar-refractivity contribution in [1.82, 2.24) is 25.3 Å². The quantitative estimate of drug-likeness (QED) is 0.763. The number of thiophene rings is 1. The summed E-state index contributed by atoms with van der Waals surface area (Å²) in [6.07, 6.45) is 2.92. The van der Waals surface area contributed by atoms with Crippen molar-refractivity contribution in [2.45, 2.75) is 39.7 Å². The molecular formula is C19H29N5OS. The maximum atomic E-state index is 12.4. The van der Waals surface area contributed by atoms with Crippen LogP contribution in [0.5, 0.6) is 0 Å². The van der Waals surface area contributed by atoms with Crippen LogP contribution in [0.2, 0.25) is 0 Å². The minimum atomic E-state index is 0.0728. The minimum absolute atomic E-state index is 0.0728. The Morgan fingerprint density at radius 1 is 1.31 bits per heavy atom. The molecule has 0 radical (unpaired) electrons. The van der Waals surface area contributed by atoms with E-state index in [1.165, 1.54) is 10.4 Å². The van der Waals surface area contributed by atoms with Crippen molar-refractivity contribution in [2.75, 3.05) is 32.7 Å². The second-order valence-electron chi connectivity index (χ2n) is 6.94. The first kappa shape index (κ1) is 18.9. The van der Waals surface area contributed by atoms with Gasteiger partial charge in [-0.25, -0.2) is 4.79 Å². The molecule has 6 nitrogen and oxygen atoms in total. The van der Waals surface area contributed by atoms with Gasteiger partial charge in [-0.15, -0.1) is 11.3 Å². The Bertz CT molecular complexity index is 677. The lowest BCUT2D eigenvalue weighted by Gasteiger charge is -2.22. The highest BCUT2D eigenvalue weighted by Crippen LogP contribution is 2.14. The van der Waals surface area contributed by atoms with Crippen molar-refractivity contribution in [2.24, 2.45) is 0 Å². The maximum absolute atomic E-state index is 12.4. The van der Waals surface area contributed by atoms with Crippen LogP contribution in [0.15, 0.2) is 17.5 Å². The van der Waals surface area contributed by atoms with E-state index in [0.717, 1.165) is 63.4 Å². The predicted molar refractivity (Wildman–Crippen MR) is 106 cm³/mol. The topological polar surface area (TPSA) is 64.3 Å². The zero-order valence-electron chi connectivity index (χ0n) is 15.8. The lowest BCUT2D eigenvalue weighted by molar-refractivity contribution is 0.197. The van der Waals surface area contributed by atoms with Gasteiger partial charge in [0.2, 0.25) is 0 Å². The number of nitrogens with zero attached hydrogens (tertiary/aromatic N) is 3. The van der Waals surface area contributed by atoms with E-state index < -0.39 is 0 Å². The summed E-state index contributed by atoms with van der Waals surface area (Å²) in [5, 5.41) is 12.4. The Balaban J connectivity index is 1.38. The van der Waals surface area contributed by atoms with E-state index in [-0.39, 0.29) is 6.03 Å². The third-order valence-corrected chi connectivity index (χ3v) is 5.86. The lowest BCUT2D eigenvalue weighted by Crippen LogP contribution is -2.42. The van der Waals surface area contributed by atoms with Gasteiger partial charge in [-0.05, 0) is 50.1 Å². The summed E-state index contributed by atoms with van der Waals surface area (Å²) in [5.74, 6) is 0. The molecule has 1 saturated heterocycles. The molecule has 2 amide bonds. The van der Waals surface area contributed by atoms with E-state index in [1.54, 1.807) is 11.3 Å². The number of urea groups is 1. The first-order valence-corrected chi connectivity index (χ1v) is 10.3. The van der Waals surface area contributed by atoms with Crippen LogP contribution in [0.25, 0.3) is 0 Å². The van der Waals surface area contributed by atoms with Gasteiger partial charge in [0.15, 0.2) is 0 Å². The van der Waals surface area contributed by atoms with Crippen molar-refractivity contribution in [1.29, 1.82) is 0 Å². The number of aryl methyl sites for hydroxylation is 2. The van der Waals surface area contributed by atoms with Crippen molar-refractivity contribution in [3.63, 3.8) is 0 Å². The number of carbonyl (C=O) groups is 1. The second kappa shape index (κ2) is 9.19. The second-order valence-corrected chi connectivity index (χ2v) is 7.98. The van der Waals surface area contributed by atoms with Gasteiger partial charge in [-0.3, -0.25) is 10.00 Å². The molecule has 2 aromatic heterocycles. The van der Waals surface area contributed by atoms with Gasteiger partial charge in [0.05, 0.1) is 5.69 Å². The summed E-state index contributed by atoms with van der Waals surface area (Å²) in [6, 6.07) is 4.36. The molecule has 0 aromatic carbocycles. The van der Waals surface area contributed by atoms with E-state index in [4.69, 9.17) is 0 Å². The van der Waals surface area contributed by atoms with Gasteiger partial charge in [-0.1, -0.05) is 6.07 Å². The van der Waals surface area contributed by atoms with Gasteiger partial charge < -0.3 is 10.2 Å². The van der Waals surface area contributed by atoms with E-state index in [1.807, 2.05) is 18.7 Å². The predicted octanol–water partition coefficient (Wildman–Crippen LogP) is 2.94. The van der Waals surface area contributed by atoms with Crippen molar-refractivity contribution in [3.8, 4) is 0 Å². The van der Waals surface area contributed by atoms with Crippen LogP contribution in [0, 0.1) is 13.8 Å². The average Bonchev–Trinajstić information content (AvgIpc) is 3.17. The first-order valence-electron chi connectivity index (χ1n) is 9.41. The maximum Gasteiger partial charge on any atom is 0.317 e. The third-order valence-electron chi connectivity index (χ3n) is 5.00. The number of hydrogen-bond acceptors (Lipinski definition) is 4. The van der Waals surface area contributed by atoms with Gasteiger partial charge in [0, 0.05) is 49.8 Å². The molecule has 7 heteroatoms. The Morgan fingerprint density at radius 2 is 2.19 bits per heavy atom. The molecule has 142 valence electrons. The van der Waals surface area contributed by atoms with Gasteiger partial charge in [0.25, 0.3) is 0 Å². The van der Waals surface area contributed by atoms with Crippen LogP contribution < -0.4 is 5.32 Å². The van der Waals surface area contributed by atoms with E-state index in [2.05, 4.69) is 37.9 Å². The molecule has 0 spiro atoms. The average molecular weight is 376 g/mol. The largest absolute Gasteiger partial charge is 0.338 e. The number of aromatic amines is 1. The molecule has 0 unspecified atom stereocenters. The molecule has 3 heterocycles. The van der Waals surface area contributed by atoms with Crippen molar-refractivity contribution in [3.05, 3.63) is 39.3 Å². The molecule has 1 aliphatic rings. The highest BCUT2D eigenvalue weighted by molar-refractivity contribution is 7.09. The van der Waals surface area contributed by atoms with Crippen LogP contribution in [0.4, 0.5) is 4.79 Å². The molecule has 1 aliphatic heterocycles. The summed E-state index contributed by atoms with van der Waals surface area (Å²) < 4.78 is 0. The minimum Gasteiger partial charge on any atom is -0.338 e. The first-order chi connectivity index (χ1) is 12.6. The van der Waals surface area contributed by atoms with Gasteiger partial charge in [-0.2, -0.15) is 5.10 Å². The molecule has 2 aromatic rings. The smallest absolute Gasteiger partial charge is 0.317 e. The van der Waals surface area contributed by atoms with Gasteiger partial charge >= 0.3 is 6.03 Å². The SMILES string of the molecule is Cc1n[nH]c(C)c1CCCNC(=O)N1CCCN(Cc2cccs2)CC1. The Kier molecular flexibility index (Phi) is 6.68. The summed E-state index contributed by atoms with van der Waals surface area (Å²) in [6.45, 7) is 9.42. The molecule has 0 saturated carbocycles. The Morgan fingerprint density at radius 3 is 2.92 bits per heavy atom. The number of nitrogens with one attached hydrogen (secondary N) is 2. The Hall–Kier alpha value is -1.86. The van der Waals surface area contributed by atoms with Crippen LogP contribution >= 0.6 is 11.3 Å². The fourth-order valence-corrected chi connectivity index (χ4v) is 4.22. The number of rotatable bonds is 6. The molecule has 0 bridgehead atoms. The number of H-pyrrole nitrogens is 1. The zero-order valence-corrected chi connectivity index (χ0v) is 16.6. The van der Waals surface area contributed by atoms with Gasteiger partial charge in [0.1, 0.15) is 0 Å². The van der Waals surface area contributed by atoms with Crippen LogP contribution in [0.1, 0.15) is 34.7 Å². The molecule has 0 aliphatic carbocycles. The number of aromatic nitrogens is 2. The van der Waals surface area contributed by atoms with E-state index in [0.29, 0.717) is 6.54 Å². The van der Waals surface area contributed by atoms with Crippen molar-refractivity contribution >= 4 is 17.4 Å². The normalized spacial score (nSPS) is 15.8. The highest BCUT2D eigenvalue weighted by Gasteiger charge is 2.19. The summed E-state index contributed by atoms with van der Waals surface area (Å²) >= 11 is 1.80. The summed E-state index contributed by atoms with van der Waals surface area (Å²) in [5.41, 5.74) is 3.47. The molecular weight excluding hydrogens is 346 g/mol. The number of amides is 2. The summed E-state index contributed by atoms with van der Waals surface area (Å²) in [4.78, 5) is 18.3. The third kappa shape index (κ3) is 5.08. The molecule has 1 fully saturated rings. The number of carbonyl (C=O) groups excluding carboxylic acids is 1. The standard InChI is InChI=1S/C19H29N5OS/c1-15-18(16(2)22-21-15)7-3-8-20-19(25)24-10-5-9-23(11-12-24)14-17-6-4-13-26-17/h4,6,13H,3,5,7-12,14H2,1-2H3,(H,20,25)(H,21,22). The lowest BCUT2D eigenvalue weighted by atomic mass is 10.1. The van der Waals surface area contributed by atoms with Crippen LogP contribution in [-0.4, -0.2) is 58.8 Å². The highest BCUT2D eigenvalue weighted by atomic mass is 32.1. The fourth-order valence-electron chi connectivity index (χ4n) is 3.47.